The molecule has 0 spiro atoms. The molecule has 1 fully saturated rings. The lowest BCUT2D eigenvalue weighted by Gasteiger charge is -2.19. The minimum atomic E-state index is -0.184. The van der Waals surface area contributed by atoms with E-state index in [1.54, 1.807) is 21.2 Å². The van der Waals surface area contributed by atoms with Crippen molar-refractivity contribution in [1.29, 1.82) is 5.26 Å². The van der Waals surface area contributed by atoms with E-state index in [1.807, 2.05) is 0 Å². The first-order valence-electron chi connectivity index (χ1n) is 6.83. The lowest BCUT2D eigenvalue weighted by atomic mass is 10.2. The van der Waals surface area contributed by atoms with Gasteiger partial charge >= 0.3 is 0 Å². The number of nitrogen functional groups attached to an aromatic ring is 1. The molecule has 1 aromatic rings. The summed E-state index contributed by atoms with van der Waals surface area (Å²) in [5.41, 5.74) is 6.58. The SMILES string of the molecule is COC1CCCC1Nc1sc(C(=O)N(C)C)c(N)c1C#N. The Balaban J connectivity index is 2.30. The number of anilines is 2. The van der Waals surface area contributed by atoms with Gasteiger partial charge in [0.25, 0.3) is 5.91 Å². The second-order valence-electron chi connectivity index (χ2n) is 5.32. The Labute approximate surface area is 128 Å². The number of carbonyl (C=O) groups is 1. The summed E-state index contributed by atoms with van der Waals surface area (Å²) in [6.07, 6.45) is 3.20. The van der Waals surface area contributed by atoms with Crippen LogP contribution in [-0.2, 0) is 4.74 Å². The summed E-state index contributed by atoms with van der Waals surface area (Å²) in [5.74, 6) is -0.184. The highest BCUT2D eigenvalue weighted by atomic mass is 32.1. The number of rotatable bonds is 4. The van der Waals surface area contributed by atoms with E-state index in [0.717, 1.165) is 19.3 Å². The van der Waals surface area contributed by atoms with E-state index in [9.17, 15) is 10.1 Å². The molecule has 0 saturated heterocycles. The molecule has 2 atom stereocenters. The lowest BCUT2D eigenvalue weighted by molar-refractivity contribution is 0.0833. The zero-order valence-corrected chi connectivity index (χ0v) is 13.3. The molecule has 114 valence electrons. The fraction of sp³-hybridized carbons (Fsp3) is 0.571. The minimum absolute atomic E-state index is 0.132. The molecule has 1 aliphatic rings. The van der Waals surface area contributed by atoms with Gasteiger partial charge in [0.05, 0.1) is 17.8 Å². The number of nitrogens with two attached hydrogens (primary N) is 1. The minimum Gasteiger partial charge on any atom is -0.396 e. The quantitative estimate of drug-likeness (QED) is 0.886. The summed E-state index contributed by atoms with van der Waals surface area (Å²) in [6.45, 7) is 0. The van der Waals surface area contributed by atoms with Gasteiger partial charge in [0.2, 0.25) is 0 Å². The van der Waals surface area contributed by atoms with Crippen molar-refractivity contribution in [2.45, 2.75) is 31.4 Å². The van der Waals surface area contributed by atoms with Crippen molar-refractivity contribution in [3.8, 4) is 6.07 Å². The summed E-state index contributed by atoms with van der Waals surface area (Å²) in [4.78, 5) is 14.0. The van der Waals surface area contributed by atoms with Crippen LogP contribution in [0.5, 0.6) is 0 Å². The van der Waals surface area contributed by atoms with Crippen LogP contribution in [0.4, 0.5) is 10.7 Å². The highest BCUT2D eigenvalue weighted by Gasteiger charge is 2.30. The number of nitrogens with one attached hydrogen (secondary N) is 1. The predicted molar refractivity (Wildman–Crippen MR) is 83.5 cm³/mol. The molecule has 3 N–H and O–H groups in total. The Hall–Kier alpha value is -1.78. The summed E-state index contributed by atoms with van der Waals surface area (Å²) in [7, 11) is 5.02. The topological polar surface area (TPSA) is 91.4 Å². The molecular formula is C14H20N4O2S. The Bertz CT molecular complexity index is 576. The molecule has 2 unspecified atom stereocenters. The fourth-order valence-corrected chi connectivity index (χ4v) is 3.71. The van der Waals surface area contributed by atoms with Gasteiger partial charge in [-0.05, 0) is 19.3 Å². The van der Waals surface area contributed by atoms with E-state index in [2.05, 4.69) is 11.4 Å². The van der Waals surface area contributed by atoms with Gasteiger partial charge in [-0.2, -0.15) is 5.26 Å². The number of hydrogen-bond donors (Lipinski definition) is 2. The molecule has 1 aromatic heterocycles. The second-order valence-corrected chi connectivity index (χ2v) is 6.34. The summed E-state index contributed by atoms with van der Waals surface area (Å²) < 4.78 is 5.45. The van der Waals surface area contributed by atoms with E-state index in [-0.39, 0.29) is 23.7 Å². The molecule has 1 saturated carbocycles. The van der Waals surface area contributed by atoms with Crippen LogP contribution in [0.2, 0.25) is 0 Å². The maximum Gasteiger partial charge on any atom is 0.265 e. The number of thiophene rings is 1. The fourth-order valence-electron chi connectivity index (χ4n) is 2.56. The van der Waals surface area contributed by atoms with Gasteiger partial charge < -0.3 is 20.7 Å². The molecule has 21 heavy (non-hydrogen) atoms. The number of amides is 1. The van der Waals surface area contributed by atoms with Gasteiger partial charge in [-0.3, -0.25) is 4.79 Å². The molecule has 0 radical (unpaired) electrons. The highest BCUT2D eigenvalue weighted by molar-refractivity contribution is 7.18. The first kappa shape index (κ1) is 15.6. The van der Waals surface area contributed by atoms with E-state index < -0.39 is 0 Å². The smallest absolute Gasteiger partial charge is 0.265 e. The molecule has 0 bridgehead atoms. The maximum atomic E-state index is 12.1. The summed E-state index contributed by atoms with van der Waals surface area (Å²) >= 11 is 1.24. The number of hydrogen-bond acceptors (Lipinski definition) is 6. The average molecular weight is 308 g/mol. The van der Waals surface area contributed by atoms with Gasteiger partial charge in [-0.15, -0.1) is 11.3 Å². The van der Waals surface area contributed by atoms with Crippen LogP contribution in [0.3, 0.4) is 0 Å². The molecule has 6 nitrogen and oxygen atoms in total. The molecular weight excluding hydrogens is 288 g/mol. The highest BCUT2D eigenvalue weighted by Crippen LogP contribution is 2.37. The van der Waals surface area contributed by atoms with Crippen molar-refractivity contribution in [3.05, 3.63) is 10.4 Å². The van der Waals surface area contributed by atoms with E-state index in [1.165, 1.54) is 16.2 Å². The Morgan fingerprint density at radius 3 is 2.81 bits per heavy atom. The zero-order chi connectivity index (χ0) is 15.6. The molecule has 0 aromatic carbocycles. The van der Waals surface area contributed by atoms with Crippen LogP contribution in [0, 0.1) is 11.3 Å². The van der Waals surface area contributed by atoms with Gasteiger partial charge in [-0.1, -0.05) is 0 Å². The third kappa shape index (κ3) is 2.96. The largest absolute Gasteiger partial charge is 0.396 e. The number of carbonyl (C=O) groups excluding carboxylic acids is 1. The third-order valence-corrected chi connectivity index (χ3v) is 4.85. The number of methoxy groups -OCH3 is 1. The molecule has 2 rings (SSSR count). The monoisotopic (exact) mass is 308 g/mol. The Kier molecular flexibility index (Phi) is 4.70. The molecule has 1 amide bonds. The Morgan fingerprint density at radius 1 is 1.52 bits per heavy atom. The molecule has 7 heteroatoms. The first-order chi connectivity index (χ1) is 9.99. The van der Waals surface area contributed by atoms with Crippen LogP contribution in [0.15, 0.2) is 0 Å². The molecule has 1 aliphatic carbocycles. The summed E-state index contributed by atoms with van der Waals surface area (Å²) in [5, 5.41) is 13.3. The number of nitrogens with zero attached hydrogens (tertiary/aromatic N) is 2. The predicted octanol–water partition coefficient (Wildman–Crippen LogP) is 1.88. The van der Waals surface area contributed by atoms with Crippen molar-refractivity contribution in [2.24, 2.45) is 0 Å². The lowest BCUT2D eigenvalue weighted by Crippen LogP contribution is -2.29. The van der Waals surface area contributed by atoms with Crippen LogP contribution in [-0.4, -0.2) is 44.2 Å². The molecule has 1 heterocycles. The van der Waals surface area contributed by atoms with Gasteiger partial charge in [0.1, 0.15) is 21.5 Å². The Morgan fingerprint density at radius 2 is 2.24 bits per heavy atom. The van der Waals surface area contributed by atoms with Crippen molar-refractivity contribution in [2.75, 3.05) is 32.3 Å². The van der Waals surface area contributed by atoms with Crippen LogP contribution >= 0.6 is 11.3 Å². The van der Waals surface area contributed by atoms with E-state index in [0.29, 0.717) is 15.4 Å². The van der Waals surface area contributed by atoms with Crippen LogP contribution in [0.25, 0.3) is 0 Å². The van der Waals surface area contributed by atoms with Crippen molar-refractivity contribution in [3.63, 3.8) is 0 Å². The summed E-state index contributed by atoms with van der Waals surface area (Å²) in [6, 6.07) is 2.25. The maximum absolute atomic E-state index is 12.1. The zero-order valence-electron chi connectivity index (χ0n) is 12.5. The normalized spacial score (nSPS) is 21.0. The van der Waals surface area contributed by atoms with Gasteiger partial charge in [0, 0.05) is 21.2 Å². The van der Waals surface area contributed by atoms with Gasteiger partial charge in [-0.25, -0.2) is 0 Å². The second kappa shape index (κ2) is 6.33. The van der Waals surface area contributed by atoms with Crippen LogP contribution in [0.1, 0.15) is 34.5 Å². The third-order valence-electron chi connectivity index (χ3n) is 3.73. The van der Waals surface area contributed by atoms with E-state index in [4.69, 9.17) is 10.5 Å². The number of ether oxygens (including phenoxy) is 1. The van der Waals surface area contributed by atoms with E-state index >= 15 is 0 Å². The van der Waals surface area contributed by atoms with Crippen molar-refractivity contribution in [1.82, 2.24) is 4.90 Å². The van der Waals surface area contributed by atoms with Gasteiger partial charge in [0.15, 0.2) is 0 Å². The standard InChI is InChI=1S/C14H20N4O2S/c1-18(2)14(19)12-11(16)8(7-15)13(21-12)17-9-5-4-6-10(9)20-3/h9-10,17H,4-6,16H2,1-3H3. The van der Waals surface area contributed by atoms with Crippen molar-refractivity contribution >= 4 is 27.9 Å². The average Bonchev–Trinajstić information content (AvgIpc) is 3.02. The van der Waals surface area contributed by atoms with Crippen LogP contribution < -0.4 is 11.1 Å². The van der Waals surface area contributed by atoms with Crippen molar-refractivity contribution < 1.29 is 9.53 Å². The first-order valence-corrected chi connectivity index (χ1v) is 7.64. The number of nitriles is 1. The molecule has 0 aliphatic heterocycles.